The molecule has 5 heteroatoms. The van der Waals surface area contributed by atoms with Crippen molar-refractivity contribution in [2.75, 3.05) is 7.11 Å². The van der Waals surface area contributed by atoms with Gasteiger partial charge in [0.25, 0.3) is 0 Å². The van der Waals surface area contributed by atoms with Crippen molar-refractivity contribution in [2.45, 2.75) is 6.92 Å². The Hall–Kier alpha value is -2.66. The molecule has 0 fully saturated rings. The standard InChI is InChI=1S/C14H12O3.CH4O.CH2O/c1-10-2-6-12(7-3-10)17-13-8-4-11(5-9-13)14(15)16;2*1-2/h2-9H,1H3,(H,15,16);2H,1H3;1H2. The van der Waals surface area contributed by atoms with Crippen LogP contribution >= 0.6 is 0 Å². The van der Waals surface area contributed by atoms with Crippen molar-refractivity contribution in [1.82, 2.24) is 0 Å². The van der Waals surface area contributed by atoms with Gasteiger partial charge in [0.05, 0.1) is 5.56 Å². The number of aliphatic hydroxyl groups is 1. The minimum atomic E-state index is -0.938. The second-order valence-electron chi connectivity index (χ2n) is 3.74. The molecular weight excluding hydrogens is 272 g/mol. The topological polar surface area (TPSA) is 83.8 Å². The number of carboxylic acids is 1. The summed E-state index contributed by atoms with van der Waals surface area (Å²) in [6.45, 7) is 4.01. The second-order valence-corrected chi connectivity index (χ2v) is 3.74. The first-order chi connectivity index (χ1) is 10.1. The van der Waals surface area contributed by atoms with Gasteiger partial charge in [-0.15, -0.1) is 0 Å². The van der Waals surface area contributed by atoms with Crippen molar-refractivity contribution in [2.24, 2.45) is 0 Å². The first kappa shape index (κ1) is 18.3. The van der Waals surface area contributed by atoms with E-state index in [4.69, 9.17) is 19.7 Å². The third-order valence-corrected chi connectivity index (χ3v) is 2.36. The molecule has 5 nitrogen and oxygen atoms in total. The Bertz CT molecular complexity index is 532. The predicted octanol–water partition coefficient (Wildman–Crippen LogP) is 2.91. The minimum absolute atomic E-state index is 0.251. The molecule has 21 heavy (non-hydrogen) atoms. The fourth-order valence-corrected chi connectivity index (χ4v) is 1.41. The van der Waals surface area contributed by atoms with Gasteiger partial charge in [0, 0.05) is 7.11 Å². The molecule has 0 aliphatic rings. The third-order valence-electron chi connectivity index (χ3n) is 2.36. The number of carbonyl (C=O) groups excluding carboxylic acids is 1. The van der Waals surface area contributed by atoms with Crippen LogP contribution in [0.25, 0.3) is 0 Å². The van der Waals surface area contributed by atoms with Gasteiger partial charge in [0.15, 0.2) is 0 Å². The van der Waals surface area contributed by atoms with Crippen LogP contribution in [0.15, 0.2) is 48.5 Å². The summed E-state index contributed by atoms with van der Waals surface area (Å²) in [5.74, 6) is 0.421. The van der Waals surface area contributed by atoms with E-state index in [0.717, 1.165) is 12.9 Å². The maximum Gasteiger partial charge on any atom is 0.335 e. The van der Waals surface area contributed by atoms with Crippen LogP contribution in [-0.2, 0) is 4.79 Å². The van der Waals surface area contributed by atoms with Gasteiger partial charge in [-0.1, -0.05) is 17.7 Å². The largest absolute Gasteiger partial charge is 0.478 e. The lowest BCUT2D eigenvalue weighted by molar-refractivity contribution is -0.0980. The molecule has 0 saturated heterocycles. The number of hydrogen-bond acceptors (Lipinski definition) is 4. The summed E-state index contributed by atoms with van der Waals surface area (Å²) in [6.07, 6.45) is 0. The van der Waals surface area contributed by atoms with E-state index in [2.05, 4.69) is 0 Å². The molecule has 0 saturated carbocycles. The molecule has 0 amide bonds. The van der Waals surface area contributed by atoms with Crippen molar-refractivity contribution in [1.29, 1.82) is 0 Å². The van der Waals surface area contributed by atoms with Crippen LogP contribution < -0.4 is 4.74 Å². The van der Waals surface area contributed by atoms with E-state index in [-0.39, 0.29) is 5.56 Å². The molecule has 0 aliphatic carbocycles. The monoisotopic (exact) mass is 290 g/mol. The van der Waals surface area contributed by atoms with Gasteiger partial charge in [-0.05, 0) is 43.3 Å². The van der Waals surface area contributed by atoms with E-state index in [0.29, 0.717) is 5.75 Å². The molecule has 112 valence electrons. The smallest absolute Gasteiger partial charge is 0.335 e. The number of aryl methyl sites for hydroxylation is 1. The van der Waals surface area contributed by atoms with Crippen LogP contribution in [0.5, 0.6) is 11.5 Å². The van der Waals surface area contributed by atoms with Crippen LogP contribution in [0.2, 0.25) is 0 Å². The van der Waals surface area contributed by atoms with E-state index in [1.165, 1.54) is 17.7 Å². The minimum Gasteiger partial charge on any atom is -0.478 e. The molecule has 0 bridgehead atoms. The molecule has 0 aliphatic heterocycles. The molecule has 0 radical (unpaired) electrons. The Labute approximate surface area is 123 Å². The number of carboxylic acid groups (broad SMARTS) is 1. The van der Waals surface area contributed by atoms with E-state index < -0.39 is 5.97 Å². The van der Waals surface area contributed by atoms with Crippen LogP contribution in [-0.4, -0.2) is 30.1 Å². The summed E-state index contributed by atoms with van der Waals surface area (Å²) in [4.78, 5) is 18.7. The van der Waals surface area contributed by atoms with Crippen LogP contribution in [0, 0.1) is 6.92 Å². The summed E-state index contributed by atoms with van der Waals surface area (Å²) in [5.41, 5.74) is 1.42. The lowest BCUT2D eigenvalue weighted by Gasteiger charge is -2.05. The molecule has 2 aromatic rings. The quantitative estimate of drug-likeness (QED) is 0.908. The van der Waals surface area contributed by atoms with Crippen molar-refractivity contribution in [3.05, 3.63) is 59.7 Å². The highest BCUT2D eigenvalue weighted by atomic mass is 16.5. The Balaban J connectivity index is 0.000000921. The molecule has 2 aromatic carbocycles. The molecule has 0 spiro atoms. The lowest BCUT2D eigenvalue weighted by Crippen LogP contribution is -1.95. The summed E-state index contributed by atoms with van der Waals surface area (Å²) in [7, 11) is 1.00. The predicted molar refractivity (Wildman–Crippen MR) is 79.9 cm³/mol. The maximum atomic E-state index is 10.7. The van der Waals surface area contributed by atoms with Gasteiger partial charge in [0.1, 0.15) is 18.3 Å². The Kier molecular flexibility index (Phi) is 8.88. The summed E-state index contributed by atoms with van der Waals surface area (Å²) >= 11 is 0. The van der Waals surface area contributed by atoms with Gasteiger partial charge in [0.2, 0.25) is 0 Å². The number of aliphatic hydroxyl groups excluding tert-OH is 1. The Morgan fingerprint density at radius 3 is 1.67 bits per heavy atom. The zero-order valence-electron chi connectivity index (χ0n) is 11.9. The van der Waals surface area contributed by atoms with Gasteiger partial charge in [-0.25, -0.2) is 4.79 Å². The van der Waals surface area contributed by atoms with Crippen molar-refractivity contribution >= 4 is 12.8 Å². The molecule has 2 rings (SSSR count). The Morgan fingerprint density at radius 1 is 0.905 bits per heavy atom. The molecule has 0 unspecified atom stereocenters. The first-order valence-electron chi connectivity index (χ1n) is 5.96. The van der Waals surface area contributed by atoms with Crippen LogP contribution in [0.4, 0.5) is 0 Å². The number of ether oxygens (including phenoxy) is 1. The first-order valence-corrected chi connectivity index (χ1v) is 5.96. The van der Waals surface area contributed by atoms with E-state index >= 15 is 0 Å². The third kappa shape index (κ3) is 6.35. The summed E-state index contributed by atoms with van der Waals surface area (Å²) < 4.78 is 5.58. The van der Waals surface area contributed by atoms with Crippen molar-refractivity contribution in [3.8, 4) is 11.5 Å². The van der Waals surface area contributed by atoms with E-state index in [1.807, 2.05) is 38.0 Å². The summed E-state index contributed by atoms with van der Waals surface area (Å²) in [6, 6.07) is 14.0. The number of rotatable bonds is 3. The fourth-order valence-electron chi connectivity index (χ4n) is 1.41. The number of carbonyl (C=O) groups is 2. The molecule has 2 N–H and O–H groups in total. The highest BCUT2D eigenvalue weighted by Crippen LogP contribution is 2.21. The molecule has 0 atom stereocenters. The summed E-state index contributed by atoms with van der Waals surface area (Å²) in [5, 5.41) is 15.8. The normalized spacial score (nSPS) is 8.52. The van der Waals surface area contributed by atoms with Gasteiger partial charge in [-0.2, -0.15) is 0 Å². The highest BCUT2D eigenvalue weighted by Gasteiger charge is 2.02. The van der Waals surface area contributed by atoms with Crippen LogP contribution in [0.3, 0.4) is 0 Å². The number of aromatic carboxylic acids is 1. The zero-order valence-corrected chi connectivity index (χ0v) is 11.9. The van der Waals surface area contributed by atoms with Gasteiger partial charge in [-0.3, -0.25) is 0 Å². The van der Waals surface area contributed by atoms with Crippen molar-refractivity contribution < 1.29 is 24.5 Å². The number of hydrogen-bond donors (Lipinski definition) is 2. The average Bonchev–Trinajstić information content (AvgIpc) is 2.54. The zero-order chi connectivity index (χ0) is 16.3. The molecular formula is C16H18O5. The van der Waals surface area contributed by atoms with Crippen molar-refractivity contribution in [3.63, 3.8) is 0 Å². The van der Waals surface area contributed by atoms with E-state index in [1.54, 1.807) is 12.1 Å². The lowest BCUT2D eigenvalue weighted by atomic mass is 10.2. The molecule has 0 aromatic heterocycles. The average molecular weight is 290 g/mol. The van der Waals surface area contributed by atoms with Gasteiger partial charge >= 0.3 is 5.97 Å². The van der Waals surface area contributed by atoms with E-state index in [9.17, 15) is 4.79 Å². The van der Waals surface area contributed by atoms with Gasteiger partial charge < -0.3 is 19.7 Å². The maximum absolute atomic E-state index is 10.7. The molecule has 0 heterocycles. The highest BCUT2D eigenvalue weighted by molar-refractivity contribution is 5.87. The SMILES string of the molecule is C=O.CO.Cc1ccc(Oc2ccc(C(=O)O)cc2)cc1. The Morgan fingerprint density at radius 2 is 1.29 bits per heavy atom. The number of benzene rings is 2. The van der Waals surface area contributed by atoms with Crippen LogP contribution in [0.1, 0.15) is 15.9 Å². The fraction of sp³-hybridized carbons (Fsp3) is 0.125. The second kappa shape index (κ2) is 10.2.